The molecule has 0 aromatic carbocycles. The lowest BCUT2D eigenvalue weighted by Crippen LogP contribution is -2.17. The highest BCUT2D eigenvalue weighted by molar-refractivity contribution is 8.32. The Morgan fingerprint density at radius 1 is 1.67 bits per heavy atom. The molecule has 1 heterocycles. The zero-order valence-corrected chi connectivity index (χ0v) is 8.62. The molecule has 9 heavy (non-hydrogen) atoms. The maximum atomic E-state index is 4.45. The van der Waals surface area contributed by atoms with Crippen LogP contribution in [0, 0.1) is 0 Å². The first-order valence-corrected chi connectivity index (χ1v) is 5.65. The Hall–Kier alpha value is 1.40. The SMILES string of the molecule is CC1(S)SCCC(S)S1. The lowest BCUT2D eigenvalue weighted by molar-refractivity contribution is 1.05. The van der Waals surface area contributed by atoms with E-state index in [1.54, 1.807) is 0 Å². The van der Waals surface area contributed by atoms with Crippen molar-refractivity contribution in [3.8, 4) is 0 Å². The Bertz CT molecular complexity index is 101. The van der Waals surface area contributed by atoms with E-state index in [-0.39, 0.29) is 3.41 Å². The van der Waals surface area contributed by atoms with Gasteiger partial charge < -0.3 is 0 Å². The summed E-state index contributed by atoms with van der Waals surface area (Å²) in [6, 6.07) is 0. The molecule has 2 unspecified atom stereocenters. The molecule has 0 saturated carbocycles. The lowest BCUT2D eigenvalue weighted by Gasteiger charge is -2.30. The summed E-state index contributed by atoms with van der Waals surface area (Å²) in [5, 5.41) is 0. The minimum Gasteiger partial charge on any atom is -0.165 e. The van der Waals surface area contributed by atoms with Gasteiger partial charge in [0.25, 0.3) is 0 Å². The molecule has 1 rings (SSSR count). The Morgan fingerprint density at radius 2 is 2.33 bits per heavy atom. The van der Waals surface area contributed by atoms with Crippen molar-refractivity contribution in [1.29, 1.82) is 0 Å². The Balaban J connectivity index is 2.41. The molecule has 0 aromatic rings. The van der Waals surface area contributed by atoms with Crippen molar-refractivity contribution >= 4 is 48.8 Å². The van der Waals surface area contributed by atoms with Crippen LogP contribution in [0.15, 0.2) is 0 Å². The van der Waals surface area contributed by atoms with Crippen molar-refractivity contribution in [3.63, 3.8) is 0 Å². The van der Waals surface area contributed by atoms with Gasteiger partial charge in [0, 0.05) is 0 Å². The Morgan fingerprint density at radius 3 is 2.67 bits per heavy atom. The summed E-state index contributed by atoms with van der Waals surface area (Å²) in [6.07, 6.45) is 1.20. The molecule has 0 bridgehead atoms. The van der Waals surface area contributed by atoms with E-state index in [2.05, 4.69) is 32.2 Å². The first kappa shape index (κ1) is 8.50. The maximum Gasteiger partial charge on any atom is 0.102 e. The molecule has 0 nitrogen and oxygen atoms in total. The van der Waals surface area contributed by atoms with Gasteiger partial charge in [-0.05, 0) is 19.1 Å². The number of hydrogen-bond donors (Lipinski definition) is 2. The van der Waals surface area contributed by atoms with Crippen LogP contribution in [0.2, 0.25) is 0 Å². The van der Waals surface area contributed by atoms with Crippen molar-refractivity contribution in [1.82, 2.24) is 0 Å². The van der Waals surface area contributed by atoms with E-state index in [4.69, 9.17) is 0 Å². The Kier molecular flexibility index (Phi) is 3.02. The third kappa shape index (κ3) is 2.87. The van der Waals surface area contributed by atoms with Crippen LogP contribution in [0.4, 0.5) is 0 Å². The second kappa shape index (κ2) is 3.20. The molecule has 0 aliphatic carbocycles. The zero-order valence-electron chi connectivity index (χ0n) is 5.20. The monoisotopic (exact) mass is 198 g/mol. The average molecular weight is 198 g/mol. The summed E-state index contributed by atoms with van der Waals surface area (Å²) in [5.74, 6) is 1.20. The van der Waals surface area contributed by atoms with Crippen molar-refractivity contribution in [2.75, 3.05) is 5.75 Å². The normalized spacial score (nSPS) is 45.0. The molecule has 1 fully saturated rings. The van der Waals surface area contributed by atoms with Gasteiger partial charge in [0.2, 0.25) is 0 Å². The van der Waals surface area contributed by atoms with Gasteiger partial charge in [0.1, 0.15) is 3.41 Å². The van der Waals surface area contributed by atoms with Gasteiger partial charge in [-0.1, -0.05) is 0 Å². The minimum absolute atomic E-state index is 0.102. The summed E-state index contributed by atoms with van der Waals surface area (Å²) >= 11 is 12.6. The summed E-state index contributed by atoms with van der Waals surface area (Å²) in [7, 11) is 0. The van der Waals surface area contributed by atoms with E-state index in [1.807, 2.05) is 23.5 Å². The fraction of sp³-hybridized carbons (Fsp3) is 1.00. The standard InChI is InChI=1S/C5H10S4/c1-5(7)8-3-2-4(6)9-5/h4,6-7H,2-3H2,1H3. The van der Waals surface area contributed by atoms with E-state index >= 15 is 0 Å². The van der Waals surface area contributed by atoms with E-state index in [9.17, 15) is 0 Å². The zero-order chi connectivity index (χ0) is 6.91. The minimum atomic E-state index is 0.102. The van der Waals surface area contributed by atoms with E-state index in [0.717, 1.165) is 0 Å². The van der Waals surface area contributed by atoms with Crippen molar-refractivity contribution in [2.45, 2.75) is 21.3 Å². The van der Waals surface area contributed by atoms with Crippen molar-refractivity contribution in [2.24, 2.45) is 0 Å². The topological polar surface area (TPSA) is 0 Å². The molecule has 0 aromatic heterocycles. The number of thioether (sulfide) groups is 2. The largest absolute Gasteiger partial charge is 0.165 e. The predicted octanol–water partition coefficient (Wildman–Crippen LogP) is 2.72. The predicted molar refractivity (Wildman–Crippen MR) is 54.8 cm³/mol. The van der Waals surface area contributed by atoms with Crippen molar-refractivity contribution in [3.05, 3.63) is 0 Å². The average Bonchev–Trinajstić information content (AvgIpc) is 1.60. The summed E-state index contributed by atoms with van der Waals surface area (Å²) < 4.78 is 0.596. The quantitative estimate of drug-likeness (QED) is 0.574. The molecule has 0 amide bonds. The van der Waals surface area contributed by atoms with E-state index in [0.29, 0.717) is 4.58 Å². The molecule has 0 N–H and O–H groups in total. The van der Waals surface area contributed by atoms with Crippen molar-refractivity contribution < 1.29 is 0 Å². The van der Waals surface area contributed by atoms with Crippen LogP contribution in [0.5, 0.6) is 0 Å². The van der Waals surface area contributed by atoms with Crippen LogP contribution in [-0.2, 0) is 0 Å². The molecule has 54 valence electrons. The third-order valence-electron chi connectivity index (χ3n) is 1.09. The lowest BCUT2D eigenvalue weighted by atomic mass is 10.6. The smallest absolute Gasteiger partial charge is 0.102 e. The molecular weight excluding hydrogens is 188 g/mol. The highest BCUT2D eigenvalue weighted by Gasteiger charge is 2.27. The summed E-state index contributed by atoms with van der Waals surface area (Å²) in [6.45, 7) is 2.13. The molecule has 0 radical (unpaired) electrons. The third-order valence-corrected chi connectivity index (χ3v) is 4.93. The Labute approximate surface area is 75.7 Å². The second-order valence-electron chi connectivity index (χ2n) is 2.11. The van der Waals surface area contributed by atoms with Crippen LogP contribution in [-0.4, -0.2) is 13.7 Å². The molecule has 0 spiro atoms. The van der Waals surface area contributed by atoms with Crippen LogP contribution in [0.25, 0.3) is 0 Å². The van der Waals surface area contributed by atoms with Gasteiger partial charge in [-0.15, -0.1) is 23.5 Å². The van der Waals surface area contributed by atoms with Gasteiger partial charge in [0.15, 0.2) is 0 Å². The van der Waals surface area contributed by atoms with Gasteiger partial charge in [-0.2, -0.15) is 25.3 Å². The molecule has 1 aliphatic heterocycles. The molecular formula is C5H10S4. The van der Waals surface area contributed by atoms with Crippen LogP contribution in [0.3, 0.4) is 0 Å². The number of rotatable bonds is 0. The fourth-order valence-electron chi connectivity index (χ4n) is 0.694. The maximum absolute atomic E-state index is 4.45. The highest BCUT2D eigenvalue weighted by Crippen LogP contribution is 2.48. The van der Waals surface area contributed by atoms with Crippen LogP contribution in [0.1, 0.15) is 13.3 Å². The highest BCUT2D eigenvalue weighted by atomic mass is 32.3. The van der Waals surface area contributed by atoms with Crippen LogP contribution < -0.4 is 0 Å². The molecule has 4 heteroatoms. The summed E-state index contributed by atoms with van der Waals surface area (Å²) in [5.41, 5.74) is 0. The number of hydrogen-bond acceptors (Lipinski definition) is 4. The van der Waals surface area contributed by atoms with Gasteiger partial charge in [-0.25, -0.2) is 0 Å². The molecule has 1 saturated heterocycles. The van der Waals surface area contributed by atoms with Gasteiger partial charge in [0.05, 0.1) is 4.58 Å². The molecule has 1 aliphatic rings. The second-order valence-corrected chi connectivity index (χ2v) is 7.97. The fourth-order valence-corrected chi connectivity index (χ4v) is 5.24. The molecule has 2 atom stereocenters. The number of thiol groups is 2. The van der Waals surface area contributed by atoms with E-state index in [1.165, 1.54) is 12.2 Å². The first-order chi connectivity index (χ1) is 4.10. The summed E-state index contributed by atoms with van der Waals surface area (Å²) in [4.78, 5) is 0. The van der Waals surface area contributed by atoms with Crippen LogP contribution >= 0.6 is 48.8 Å². The van der Waals surface area contributed by atoms with E-state index < -0.39 is 0 Å². The van der Waals surface area contributed by atoms with Gasteiger partial charge in [-0.3, -0.25) is 0 Å². The van der Waals surface area contributed by atoms with Gasteiger partial charge >= 0.3 is 0 Å². The first-order valence-electron chi connectivity index (χ1n) is 2.82.